The number of carbonyl (C=O) groups is 1. The zero-order chi connectivity index (χ0) is 14.4. The van der Waals surface area contributed by atoms with Gasteiger partial charge in [-0.1, -0.05) is 13.3 Å². The van der Waals surface area contributed by atoms with Gasteiger partial charge in [0, 0.05) is 21.4 Å². The first kappa shape index (κ1) is 15.0. The highest BCUT2D eigenvalue weighted by Crippen LogP contribution is 2.10. The fourth-order valence-electron chi connectivity index (χ4n) is 1.95. The van der Waals surface area contributed by atoms with Crippen LogP contribution in [-0.4, -0.2) is 5.91 Å². The van der Waals surface area contributed by atoms with Gasteiger partial charge in [-0.2, -0.15) is 4.57 Å². The third-order valence-corrected chi connectivity index (χ3v) is 3.67. The van der Waals surface area contributed by atoms with E-state index in [2.05, 4.69) is 47.0 Å². The second-order valence-corrected chi connectivity index (χ2v) is 5.93. The summed E-state index contributed by atoms with van der Waals surface area (Å²) in [6.45, 7) is 2.49. The summed E-state index contributed by atoms with van der Waals surface area (Å²) in [6, 6.07) is 11.9. The molecule has 0 unspecified atom stereocenters. The minimum absolute atomic E-state index is 0.0144. The molecule has 104 valence electrons. The number of halogens is 1. The van der Waals surface area contributed by atoms with Gasteiger partial charge in [0.15, 0.2) is 12.4 Å². The van der Waals surface area contributed by atoms with Crippen LogP contribution in [-0.2, 0) is 17.8 Å². The molecule has 0 aliphatic heterocycles. The average molecular weight is 381 g/mol. The molecule has 1 amide bonds. The van der Waals surface area contributed by atoms with Crippen molar-refractivity contribution in [2.24, 2.45) is 0 Å². The van der Waals surface area contributed by atoms with Crippen molar-refractivity contribution in [3.63, 3.8) is 0 Å². The third kappa shape index (κ3) is 4.59. The predicted molar refractivity (Wildman–Crippen MR) is 88.4 cm³/mol. The molecule has 3 nitrogen and oxygen atoms in total. The van der Waals surface area contributed by atoms with Crippen molar-refractivity contribution < 1.29 is 9.36 Å². The molecule has 0 bridgehead atoms. The lowest BCUT2D eigenvalue weighted by Gasteiger charge is -2.03. The molecule has 1 aromatic heterocycles. The molecule has 1 aromatic carbocycles. The van der Waals surface area contributed by atoms with E-state index in [1.54, 1.807) is 0 Å². The van der Waals surface area contributed by atoms with Crippen LogP contribution >= 0.6 is 22.6 Å². The minimum atomic E-state index is -0.0144. The lowest BCUT2D eigenvalue weighted by molar-refractivity contribution is -0.684. The summed E-state index contributed by atoms with van der Waals surface area (Å²) in [5, 5.41) is 2.89. The Bertz CT molecular complexity index is 564. The Hall–Kier alpha value is -1.43. The number of hydrogen-bond donors (Lipinski definition) is 1. The van der Waals surface area contributed by atoms with Crippen molar-refractivity contribution in [2.75, 3.05) is 5.32 Å². The van der Waals surface area contributed by atoms with Crippen molar-refractivity contribution in [2.45, 2.75) is 26.3 Å². The fourth-order valence-corrected chi connectivity index (χ4v) is 2.31. The van der Waals surface area contributed by atoms with Crippen molar-refractivity contribution in [1.29, 1.82) is 0 Å². The van der Waals surface area contributed by atoms with E-state index in [9.17, 15) is 4.79 Å². The molecule has 0 atom stereocenters. The molecule has 2 rings (SSSR count). The van der Waals surface area contributed by atoms with Gasteiger partial charge in [-0.25, -0.2) is 0 Å². The summed E-state index contributed by atoms with van der Waals surface area (Å²) in [4.78, 5) is 11.9. The number of aryl methyl sites for hydroxylation is 1. The highest BCUT2D eigenvalue weighted by atomic mass is 127. The van der Waals surface area contributed by atoms with Gasteiger partial charge in [-0.15, -0.1) is 0 Å². The molecule has 0 fully saturated rings. The zero-order valence-electron chi connectivity index (χ0n) is 11.5. The van der Waals surface area contributed by atoms with Crippen LogP contribution in [0.15, 0.2) is 48.8 Å². The summed E-state index contributed by atoms with van der Waals surface area (Å²) in [5.41, 5.74) is 2.14. The minimum Gasteiger partial charge on any atom is -0.321 e. The van der Waals surface area contributed by atoms with Crippen LogP contribution in [0.25, 0.3) is 0 Å². The maximum Gasteiger partial charge on any atom is 0.290 e. The Morgan fingerprint density at radius 1 is 1.15 bits per heavy atom. The van der Waals surface area contributed by atoms with Crippen molar-refractivity contribution in [3.8, 4) is 0 Å². The van der Waals surface area contributed by atoms with Gasteiger partial charge in [0.2, 0.25) is 6.54 Å². The maximum absolute atomic E-state index is 11.9. The summed E-state index contributed by atoms with van der Waals surface area (Å²) in [5.74, 6) is -0.0144. The van der Waals surface area contributed by atoms with E-state index in [1.165, 1.54) is 5.56 Å². The van der Waals surface area contributed by atoms with Crippen LogP contribution in [0.4, 0.5) is 5.69 Å². The Kier molecular flexibility index (Phi) is 5.52. The van der Waals surface area contributed by atoms with E-state index in [-0.39, 0.29) is 5.91 Å². The summed E-state index contributed by atoms with van der Waals surface area (Å²) < 4.78 is 3.04. The molecule has 4 heteroatoms. The first-order valence-corrected chi connectivity index (χ1v) is 7.78. The average Bonchev–Trinajstić information content (AvgIpc) is 2.44. The van der Waals surface area contributed by atoms with Gasteiger partial charge < -0.3 is 5.32 Å². The van der Waals surface area contributed by atoms with Gasteiger partial charge in [0.1, 0.15) is 0 Å². The van der Waals surface area contributed by atoms with Crippen LogP contribution < -0.4 is 9.88 Å². The molecular formula is C16H18IN2O+. The number of aromatic nitrogens is 1. The second-order valence-electron chi connectivity index (χ2n) is 4.68. The van der Waals surface area contributed by atoms with Crippen molar-refractivity contribution in [1.82, 2.24) is 0 Å². The van der Waals surface area contributed by atoms with Crippen LogP contribution in [0, 0.1) is 3.57 Å². The predicted octanol–water partition coefficient (Wildman–Crippen LogP) is 3.17. The number of rotatable bonds is 5. The Morgan fingerprint density at radius 2 is 1.80 bits per heavy atom. The van der Waals surface area contributed by atoms with Gasteiger partial charge in [-0.05, 0) is 58.8 Å². The molecule has 0 saturated carbocycles. The van der Waals surface area contributed by atoms with Gasteiger partial charge in [0.25, 0.3) is 5.91 Å². The number of anilines is 1. The quantitative estimate of drug-likeness (QED) is 0.627. The monoisotopic (exact) mass is 381 g/mol. The summed E-state index contributed by atoms with van der Waals surface area (Å²) in [6.07, 6.45) is 6.13. The lowest BCUT2D eigenvalue weighted by atomic mass is 10.2. The van der Waals surface area contributed by atoms with E-state index >= 15 is 0 Å². The number of pyridine rings is 1. The fraction of sp³-hybridized carbons (Fsp3) is 0.250. The highest BCUT2D eigenvalue weighted by Gasteiger charge is 2.09. The standard InChI is InChI=1S/C16H17IN2O/c1-2-3-13-8-10-19(11-9-13)12-16(20)18-15-6-4-14(17)5-7-15/h4-11H,2-3,12H2,1H3/p+1. The smallest absolute Gasteiger partial charge is 0.290 e. The summed E-state index contributed by atoms with van der Waals surface area (Å²) >= 11 is 2.24. The van der Waals surface area contributed by atoms with E-state index < -0.39 is 0 Å². The van der Waals surface area contributed by atoms with Crippen LogP contribution in [0.5, 0.6) is 0 Å². The van der Waals surface area contributed by atoms with Crippen molar-refractivity contribution >= 4 is 34.2 Å². The molecule has 0 aliphatic carbocycles. The van der Waals surface area contributed by atoms with Gasteiger partial charge >= 0.3 is 0 Å². The zero-order valence-corrected chi connectivity index (χ0v) is 13.6. The molecule has 20 heavy (non-hydrogen) atoms. The van der Waals surface area contributed by atoms with Gasteiger partial charge in [-0.3, -0.25) is 4.79 Å². The molecular weight excluding hydrogens is 363 g/mol. The number of carbonyl (C=O) groups excluding carboxylic acids is 1. The number of nitrogens with zero attached hydrogens (tertiary/aromatic N) is 1. The van der Waals surface area contributed by atoms with Crippen LogP contribution in [0.3, 0.4) is 0 Å². The summed E-state index contributed by atoms with van der Waals surface area (Å²) in [7, 11) is 0. The molecule has 1 N–H and O–H groups in total. The second kappa shape index (κ2) is 7.38. The number of nitrogens with one attached hydrogen (secondary N) is 1. The Morgan fingerprint density at radius 3 is 2.40 bits per heavy atom. The van der Waals surface area contributed by atoms with Gasteiger partial charge in [0.05, 0.1) is 0 Å². The maximum atomic E-state index is 11.9. The molecule has 0 radical (unpaired) electrons. The molecule has 1 heterocycles. The normalized spacial score (nSPS) is 10.3. The van der Waals surface area contributed by atoms with Crippen LogP contribution in [0.2, 0.25) is 0 Å². The highest BCUT2D eigenvalue weighted by molar-refractivity contribution is 14.1. The van der Waals surface area contributed by atoms with E-state index in [0.717, 1.165) is 22.1 Å². The third-order valence-electron chi connectivity index (χ3n) is 2.95. The van der Waals surface area contributed by atoms with E-state index in [4.69, 9.17) is 0 Å². The lowest BCUT2D eigenvalue weighted by Crippen LogP contribution is -2.39. The Labute approximate surface area is 133 Å². The van der Waals surface area contributed by atoms with Crippen molar-refractivity contribution in [3.05, 3.63) is 57.9 Å². The number of benzene rings is 1. The Balaban J connectivity index is 1.92. The first-order chi connectivity index (χ1) is 9.67. The number of hydrogen-bond acceptors (Lipinski definition) is 1. The molecule has 0 saturated heterocycles. The number of amides is 1. The first-order valence-electron chi connectivity index (χ1n) is 6.71. The topological polar surface area (TPSA) is 33.0 Å². The van der Waals surface area contributed by atoms with E-state index in [1.807, 2.05) is 41.2 Å². The SMILES string of the molecule is CCCc1cc[n+](CC(=O)Nc2ccc(I)cc2)cc1. The molecule has 2 aromatic rings. The van der Waals surface area contributed by atoms with E-state index in [0.29, 0.717) is 6.54 Å². The largest absolute Gasteiger partial charge is 0.321 e. The molecule has 0 aliphatic rings. The molecule has 0 spiro atoms. The van der Waals surface area contributed by atoms with Crippen LogP contribution in [0.1, 0.15) is 18.9 Å².